The van der Waals surface area contributed by atoms with Gasteiger partial charge in [-0.1, -0.05) is 35.9 Å². The van der Waals surface area contributed by atoms with Crippen LogP contribution in [0, 0.1) is 0 Å². The molecule has 0 aromatic heterocycles. The summed E-state index contributed by atoms with van der Waals surface area (Å²) in [6.07, 6.45) is -0.771. The fourth-order valence-corrected chi connectivity index (χ4v) is 2.24. The number of carbonyl (C=O) groups excluding carboxylic acids is 2. The lowest BCUT2D eigenvalue weighted by molar-refractivity contribution is -0.122. The van der Waals surface area contributed by atoms with Gasteiger partial charge in [-0.3, -0.25) is 9.59 Å². The van der Waals surface area contributed by atoms with Crippen molar-refractivity contribution in [3.8, 4) is 5.75 Å². The quantitative estimate of drug-likeness (QED) is 0.841. The van der Waals surface area contributed by atoms with Gasteiger partial charge in [0.15, 0.2) is 6.10 Å². The van der Waals surface area contributed by atoms with E-state index < -0.39 is 6.10 Å². The summed E-state index contributed by atoms with van der Waals surface area (Å²) < 4.78 is 5.58. The lowest BCUT2D eigenvalue weighted by Crippen LogP contribution is -2.31. The lowest BCUT2D eigenvalue weighted by Gasteiger charge is -2.17. The SMILES string of the molecule is CCNC(=O)c1ccccc1NC(=O)[C@H](C)Oc1ccccc1Cl. The Labute approximate surface area is 146 Å². The van der Waals surface area contributed by atoms with E-state index in [4.69, 9.17) is 16.3 Å². The molecule has 0 radical (unpaired) electrons. The summed E-state index contributed by atoms with van der Waals surface area (Å²) in [6.45, 7) is 3.96. The molecule has 0 unspecified atom stereocenters. The van der Waals surface area contributed by atoms with Gasteiger partial charge in [-0.2, -0.15) is 0 Å². The van der Waals surface area contributed by atoms with Crippen molar-refractivity contribution in [2.45, 2.75) is 20.0 Å². The summed E-state index contributed by atoms with van der Waals surface area (Å²) in [5.74, 6) is -0.182. The summed E-state index contributed by atoms with van der Waals surface area (Å²) in [7, 11) is 0. The van der Waals surface area contributed by atoms with E-state index in [0.717, 1.165) is 0 Å². The lowest BCUT2D eigenvalue weighted by atomic mass is 10.1. The maximum Gasteiger partial charge on any atom is 0.265 e. The Balaban J connectivity index is 2.09. The molecule has 1 atom stereocenters. The minimum atomic E-state index is -0.771. The molecule has 0 aliphatic carbocycles. The zero-order valence-corrected chi connectivity index (χ0v) is 14.3. The van der Waals surface area contributed by atoms with Crippen molar-refractivity contribution in [3.05, 3.63) is 59.1 Å². The van der Waals surface area contributed by atoms with Crippen molar-refractivity contribution in [2.75, 3.05) is 11.9 Å². The molecule has 0 aliphatic rings. The first-order valence-corrected chi connectivity index (χ1v) is 8.00. The fraction of sp³-hybridized carbons (Fsp3) is 0.222. The van der Waals surface area contributed by atoms with Crippen LogP contribution in [0.3, 0.4) is 0 Å². The minimum Gasteiger partial charge on any atom is -0.479 e. The predicted molar refractivity (Wildman–Crippen MR) is 94.6 cm³/mol. The first-order chi connectivity index (χ1) is 11.5. The van der Waals surface area contributed by atoms with Gasteiger partial charge in [-0.05, 0) is 38.1 Å². The third kappa shape index (κ3) is 4.49. The molecule has 2 rings (SSSR count). The van der Waals surface area contributed by atoms with Gasteiger partial charge in [-0.25, -0.2) is 0 Å². The molecule has 0 saturated heterocycles. The molecular formula is C18H19ClN2O3. The van der Waals surface area contributed by atoms with Gasteiger partial charge >= 0.3 is 0 Å². The van der Waals surface area contributed by atoms with Crippen LogP contribution in [0.1, 0.15) is 24.2 Å². The van der Waals surface area contributed by atoms with Crippen molar-refractivity contribution in [2.24, 2.45) is 0 Å². The van der Waals surface area contributed by atoms with E-state index >= 15 is 0 Å². The molecule has 126 valence electrons. The molecule has 5 nitrogen and oxygen atoms in total. The number of rotatable bonds is 6. The molecule has 2 aromatic carbocycles. The summed E-state index contributed by atoms with van der Waals surface area (Å²) in [5.41, 5.74) is 0.834. The Morgan fingerprint density at radius 3 is 2.50 bits per heavy atom. The highest BCUT2D eigenvalue weighted by atomic mass is 35.5. The maximum absolute atomic E-state index is 12.3. The number of benzene rings is 2. The van der Waals surface area contributed by atoms with Crippen LogP contribution in [0.15, 0.2) is 48.5 Å². The highest BCUT2D eigenvalue weighted by Crippen LogP contribution is 2.24. The van der Waals surface area contributed by atoms with E-state index in [1.165, 1.54) is 0 Å². The zero-order chi connectivity index (χ0) is 17.5. The molecular weight excluding hydrogens is 328 g/mol. The number of anilines is 1. The van der Waals surface area contributed by atoms with E-state index in [-0.39, 0.29) is 11.8 Å². The largest absolute Gasteiger partial charge is 0.479 e. The predicted octanol–water partition coefficient (Wildman–Crippen LogP) is 3.50. The molecule has 2 amide bonds. The van der Waals surface area contributed by atoms with Crippen LogP contribution < -0.4 is 15.4 Å². The van der Waals surface area contributed by atoms with Crippen LogP contribution in [0.5, 0.6) is 5.75 Å². The van der Waals surface area contributed by atoms with E-state index in [2.05, 4.69) is 10.6 Å². The Hall–Kier alpha value is -2.53. The highest BCUT2D eigenvalue weighted by molar-refractivity contribution is 6.32. The van der Waals surface area contributed by atoms with Gasteiger partial charge in [0.1, 0.15) is 5.75 Å². The van der Waals surface area contributed by atoms with Gasteiger partial charge in [0.05, 0.1) is 16.3 Å². The second-order valence-corrected chi connectivity index (χ2v) is 5.49. The van der Waals surface area contributed by atoms with Crippen LogP contribution in [0.4, 0.5) is 5.69 Å². The molecule has 2 N–H and O–H groups in total. The highest BCUT2D eigenvalue weighted by Gasteiger charge is 2.19. The third-order valence-electron chi connectivity index (χ3n) is 3.28. The number of para-hydroxylation sites is 2. The molecule has 0 fully saturated rings. The van der Waals surface area contributed by atoms with Gasteiger partial charge in [0.25, 0.3) is 11.8 Å². The van der Waals surface area contributed by atoms with E-state index in [0.29, 0.717) is 28.6 Å². The minimum absolute atomic E-state index is 0.243. The average Bonchev–Trinajstić information content (AvgIpc) is 2.57. The summed E-state index contributed by atoms with van der Waals surface area (Å²) in [4.78, 5) is 24.4. The maximum atomic E-state index is 12.3. The molecule has 0 aliphatic heterocycles. The third-order valence-corrected chi connectivity index (χ3v) is 3.59. The summed E-state index contributed by atoms with van der Waals surface area (Å²) in [5, 5.41) is 5.86. The first-order valence-electron chi connectivity index (χ1n) is 7.62. The number of amides is 2. The van der Waals surface area contributed by atoms with Crippen molar-refractivity contribution < 1.29 is 14.3 Å². The summed E-state index contributed by atoms with van der Waals surface area (Å²) >= 11 is 6.03. The normalized spacial score (nSPS) is 11.5. The topological polar surface area (TPSA) is 67.4 Å². The van der Waals surface area contributed by atoms with Crippen molar-refractivity contribution >= 4 is 29.1 Å². The second-order valence-electron chi connectivity index (χ2n) is 5.08. The Bertz CT molecular complexity index is 734. The van der Waals surface area contributed by atoms with Crippen LogP contribution in [0.2, 0.25) is 5.02 Å². The number of carbonyl (C=O) groups is 2. The summed E-state index contributed by atoms with van der Waals surface area (Å²) in [6, 6.07) is 13.7. The van der Waals surface area contributed by atoms with E-state index in [1.54, 1.807) is 55.5 Å². The van der Waals surface area contributed by atoms with Gasteiger partial charge < -0.3 is 15.4 Å². The zero-order valence-electron chi connectivity index (χ0n) is 13.5. The Morgan fingerprint density at radius 2 is 1.79 bits per heavy atom. The molecule has 0 heterocycles. The number of ether oxygens (including phenoxy) is 1. The number of hydrogen-bond acceptors (Lipinski definition) is 3. The smallest absolute Gasteiger partial charge is 0.265 e. The number of nitrogens with one attached hydrogen (secondary N) is 2. The Kier molecular flexibility index (Phi) is 6.21. The molecule has 0 saturated carbocycles. The monoisotopic (exact) mass is 346 g/mol. The van der Waals surface area contributed by atoms with Crippen molar-refractivity contribution in [1.82, 2.24) is 5.32 Å². The average molecular weight is 347 g/mol. The van der Waals surface area contributed by atoms with Crippen LogP contribution >= 0.6 is 11.6 Å². The van der Waals surface area contributed by atoms with Gasteiger partial charge in [0, 0.05) is 6.54 Å². The van der Waals surface area contributed by atoms with E-state index in [9.17, 15) is 9.59 Å². The van der Waals surface area contributed by atoms with Gasteiger partial charge in [-0.15, -0.1) is 0 Å². The van der Waals surface area contributed by atoms with Crippen LogP contribution in [0.25, 0.3) is 0 Å². The molecule has 24 heavy (non-hydrogen) atoms. The first kappa shape index (κ1) is 17.8. The van der Waals surface area contributed by atoms with Crippen LogP contribution in [-0.4, -0.2) is 24.5 Å². The van der Waals surface area contributed by atoms with Gasteiger partial charge in [0.2, 0.25) is 0 Å². The fourth-order valence-electron chi connectivity index (χ4n) is 2.06. The Morgan fingerprint density at radius 1 is 1.12 bits per heavy atom. The number of halogens is 1. The second kappa shape index (κ2) is 8.36. The van der Waals surface area contributed by atoms with Crippen molar-refractivity contribution in [3.63, 3.8) is 0 Å². The van der Waals surface area contributed by atoms with E-state index in [1.807, 2.05) is 6.92 Å². The molecule has 6 heteroatoms. The van der Waals surface area contributed by atoms with Crippen LogP contribution in [-0.2, 0) is 4.79 Å². The molecule has 0 spiro atoms. The standard InChI is InChI=1S/C18H19ClN2O3/c1-3-20-18(23)13-8-4-6-10-15(13)21-17(22)12(2)24-16-11-7-5-9-14(16)19/h4-12H,3H2,1-2H3,(H,20,23)(H,21,22)/t12-/m0/s1. The number of hydrogen-bond donors (Lipinski definition) is 2. The molecule has 0 bridgehead atoms. The molecule has 2 aromatic rings. The van der Waals surface area contributed by atoms with Crippen molar-refractivity contribution in [1.29, 1.82) is 0 Å².